The molecule has 0 amide bonds. The van der Waals surface area contributed by atoms with Gasteiger partial charge in [-0.05, 0) is 68.2 Å². The molecule has 2 aliphatic rings. The van der Waals surface area contributed by atoms with Gasteiger partial charge in [0.1, 0.15) is 12.2 Å². The second-order valence-corrected chi connectivity index (χ2v) is 13.7. The van der Waals surface area contributed by atoms with Crippen LogP contribution in [0.1, 0.15) is 132 Å². The van der Waals surface area contributed by atoms with E-state index in [1.54, 1.807) is 7.11 Å². The van der Waals surface area contributed by atoms with Gasteiger partial charge in [0, 0.05) is 60.7 Å². The topological polar surface area (TPSA) is 88.5 Å². The van der Waals surface area contributed by atoms with E-state index >= 15 is 0 Å². The first-order valence-electron chi connectivity index (χ1n) is 14.2. The molecular weight excluding hydrogens is 472 g/mol. The highest BCUT2D eigenvalue weighted by Gasteiger charge is 2.48. The molecule has 0 aromatic carbocycles. The molecule has 0 spiro atoms. The van der Waals surface area contributed by atoms with Gasteiger partial charge in [-0.1, -0.05) is 25.7 Å². The van der Waals surface area contributed by atoms with Crippen molar-refractivity contribution in [3.8, 4) is 0 Å². The Balaban J connectivity index is 1.56. The minimum Gasteiger partial charge on any atom is -0.462 e. The van der Waals surface area contributed by atoms with Crippen molar-refractivity contribution in [2.75, 3.05) is 7.11 Å². The summed E-state index contributed by atoms with van der Waals surface area (Å²) in [4.78, 5) is 30.4. The first-order chi connectivity index (χ1) is 17.0. The molecule has 37 heavy (non-hydrogen) atoms. The minimum absolute atomic E-state index is 0.0861. The largest absolute Gasteiger partial charge is 0.462 e. The fraction of sp³-hybridized carbons (Fsp3) is 0.931. The summed E-state index contributed by atoms with van der Waals surface area (Å²) in [5.41, 5.74) is -1.24. The number of nitrogens with zero attached hydrogens (tertiary/aromatic N) is 2. The molecule has 0 bridgehead atoms. The highest BCUT2D eigenvalue weighted by atomic mass is 16.7. The van der Waals surface area contributed by atoms with Crippen LogP contribution in [0.3, 0.4) is 0 Å². The van der Waals surface area contributed by atoms with Crippen molar-refractivity contribution in [2.24, 2.45) is 0 Å². The molecule has 0 saturated carbocycles. The molecule has 8 nitrogen and oxygen atoms in total. The Bertz CT molecular complexity index is 727. The zero-order valence-electron chi connectivity index (χ0n) is 25.0. The number of carbonyl (C=O) groups is 2. The van der Waals surface area contributed by atoms with Crippen molar-refractivity contribution < 1.29 is 29.1 Å². The second-order valence-electron chi connectivity index (χ2n) is 13.7. The molecule has 2 heterocycles. The van der Waals surface area contributed by atoms with E-state index in [1.807, 2.05) is 32.8 Å². The summed E-state index contributed by atoms with van der Waals surface area (Å²) in [6, 6.07) is 0. The number of hydrogen-bond acceptors (Lipinski definition) is 8. The molecule has 0 radical (unpaired) electrons. The number of carbonyl (C=O) groups excluding carboxylic acids is 2. The SMILES string of the molecule is CON1C(C)(C)CC(OC(=O)CCCCCCCCC(=O)OC2CC(C)(C)N(O)C(C)(C)C2)CC1(C)C. The van der Waals surface area contributed by atoms with Crippen LogP contribution in [0.5, 0.6) is 0 Å². The lowest BCUT2D eigenvalue weighted by atomic mass is 9.80. The van der Waals surface area contributed by atoms with E-state index in [2.05, 4.69) is 27.7 Å². The summed E-state index contributed by atoms with van der Waals surface area (Å²) >= 11 is 0. The summed E-state index contributed by atoms with van der Waals surface area (Å²) in [5.74, 6) is -0.253. The van der Waals surface area contributed by atoms with Gasteiger partial charge in [0.05, 0.1) is 7.11 Å². The van der Waals surface area contributed by atoms with Crippen LogP contribution in [0.25, 0.3) is 0 Å². The molecule has 2 fully saturated rings. The van der Waals surface area contributed by atoms with Gasteiger partial charge in [0.25, 0.3) is 0 Å². The molecule has 1 N–H and O–H groups in total. The van der Waals surface area contributed by atoms with Crippen molar-refractivity contribution in [1.82, 2.24) is 10.1 Å². The zero-order valence-corrected chi connectivity index (χ0v) is 25.0. The van der Waals surface area contributed by atoms with E-state index in [1.165, 1.54) is 5.06 Å². The van der Waals surface area contributed by atoms with Crippen LogP contribution < -0.4 is 0 Å². The van der Waals surface area contributed by atoms with Gasteiger partial charge in [-0.15, -0.1) is 0 Å². The van der Waals surface area contributed by atoms with Gasteiger partial charge in [0.2, 0.25) is 0 Å². The van der Waals surface area contributed by atoms with E-state index in [4.69, 9.17) is 14.3 Å². The predicted octanol–water partition coefficient (Wildman–Crippen LogP) is 6.19. The molecule has 0 aromatic rings. The summed E-state index contributed by atoms with van der Waals surface area (Å²) < 4.78 is 11.6. The number of unbranched alkanes of at least 4 members (excludes halogenated alkanes) is 5. The highest BCUT2D eigenvalue weighted by molar-refractivity contribution is 5.69. The van der Waals surface area contributed by atoms with Gasteiger partial charge < -0.3 is 19.5 Å². The lowest BCUT2D eigenvalue weighted by molar-refractivity contribution is -0.278. The van der Waals surface area contributed by atoms with E-state index in [0.717, 1.165) is 51.4 Å². The van der Waals surface area contributed by atoms with Crippen molar-refractivity contribution in [1.29, 1.82) is 0 Å². The smallest absolute Gasteiger partial charge is 0.306 e. The molecular formula is C29H54N2O6. The first kappa shape index (κ1) is 32.0. The molecule has 0 atom stereocenters. The summed E-state index contributed by atoms with van der Waals surface area (Å²) in [7, 11) is 1.70. The molecule has 0 aromatic heterocycles. The van der Waals surface area contributed by atoms with E-state index in [9.17, 15) is 14.8 Å². The third-order valence-corrected chi connectivity index (χ3v) is 7.95. The molecule has 2 saturated heterocycles. The van der Waals surface area contributed by atoms with Crippen LogP contribution in [0.4, 0.5) is 0 Å². The monoisotopic (exact) mass is 526 g/mol. The maximum Gasteiger partial charge on any atom is 0.306 e. The Kier molecular flexibility index (Phi) is 11.0. The van der Waals surface area contributed by atoms with E-state index in [0.29, 0.717) is 25.7 Å². The average Bonchev–Trinajstić information content (AvgIpc) is 2.71. The maximum absolute atomic E-state index is 12.4. The number of hydrogen-bond donors (Lipinski definition) is 1. The number of esters is 2. The summed E-state index contributed by atoms with van der Waals surface area (Å²) in [5, 5.41) is 13.8. The van der Waals surface area contributed by atoms with E-state index in [-0.39, 0.29) is 35.2 Å². The van der Waals surface area contributed by atoms with Gasteiger partial charge in [-0.2, -0.15) is 10.1 Å². The molecule has 2 aliphatic heterocycles. The van der Waals surface area contributed by atoms with Crippen LogP contribution >= 0.6 is 0 Å². The standard InChI is InChI=1S/C29H54N2O6/c1-26(2)18-22(19-27(3,4)30(26)34)36-24(32)16-14-12-10-11-13-15-17-25(33)37-23-20-28(5,6)31(35-9)29(7,8)21-23/h22-23,34H,10-21H2,1-9H3. The van der Waals surface area contributed by atoms with Crippen molar-refractivity contribution in [3.05, 3.63) is 0 Å². The van der Waals surface area contributed by atoms with Crippen LogP contribution in [0.15, 0.2) is 0 Å². The average molecular weight is 527 g/mol. The fourth-order valence-corrected chi connectivity index (χ4v) is 6.75. The van der Waals surface area contributed by atoms with Gasteiger partial charge in [-0.25, -0.2) is 0 Å². The lowest BCUT2D eigenvalue weighted by Gasteiger charge is -2.52. The van der Waals surface area contributed by atoms with Crippen LogP contribution in [-0.2, 0) is 23.9 Å². The van der Waals surface area contributed by atoms with Crippen LogP contribution in [0.2, 0.25) is 0 Å². The molecule has 0 aliphatic carbocycles. The van der Waals surface area contributed by atoms with Gasteiger partial charge >= 0.3 is 11.9 Å². The fourth-order valence-electron chi connectivity index (χ4n) is 6.75. The van der Waals surface area contributed by atoms with Crippen molar-refractivity contribution in [3.63, 3.8) is 0 Å². The quantitative estimate of drug-likeness (QED) is 0.238. The zero-order chi connectivity index (χ0) is 28.1. The molecule has 216 valence electrons. The Morgan fingerprint density at radius 3 is 1.32 bits per heavy atom. The predicted molar refractivity (Wildman–Crippen MR) is 144 cm³/mol. The number of hydroxylamine groups is 4. The minimum atomic E-state index is -0.423. The Morgan fingerprint density at radius 2 is 0.973 bits per heavy atom. The first-order valence-corrected chi connectivity index (χ1v) is 14.2. The lowest BCUT2D eigenvalue weighted by Crippen LogP contribution is -2.61. The Hall–Kier alpha value is -1.22. The second kappa shape index (κ2) is 12.8. The molecule has 2 rings (SSSR count). The third-order valence-electron chi connectivity index (χ3n) is 7.95. The van der Waals surface area contributed by atoms with Crippen LogP contribution in [0, 0.1) is 0 Å². The summed E-state index contributed by atoms with van der Waals surface area (Å²) in [6.07, 6.45) is 9.12. The normalized spacial score (nSPS) is 24.1. The van der Waals surface area contributed by atoms with Crippen molar-refractivity contribution >= 4 is 11.9 Å². The number of piperidine rings is 2. The number of ether oxygens (including phenoxy) is 2. The molecule has 0 unspecified atom stereocenters. The maximum atomic E-state index is 12.4. The van der Waals surface area contributed by atoms with E-state index < -0.39 is 11.1 Å². The van der Waals surface area contributed by atoms with Crippen LogP contribution in [-0.4, -0.2) is 68.7 Å². The number of rotatable bonds is 12. The summed E-state index contributed by atoms with van der Waals surface area (Å²) in [6.45, 7) is 16.4. The van der Waals surface area contributed by atoms with Crippen molar-refractivity contribution in [2.45, 2.75) is 167 Å². The van der Waals surface area contributed by atoms with Gasteiger partial charge in [0.15, 0.2) is 0 Å². The Morgan fingerprint density at radius 1 is 0.649 bits per heavy atom. The van der Waals surface area contributed by atoms with Gasteiger partial charge in [-0.3, -0.25) is 9.59 Å². The third kappa shape index (κ3) is 9.19. The Labute approximate surface area is 225 Å². The molecule has 8 heteroatoms. The highest BCUT2D eigenvalue weighted by Crippen LogP contribution is 2.40.